The third-order valence-electron chi connectivity index (χ3n) is 4.11. The summed E-state index contributed by atoms with van der Waals surface area (Å²) >= 11 is 0. The van der Waals surface area contributed by atoms with Crippen molar-refractivity contribution in [3.8, 4) is 11.5 Å². The second kappa shape index (κ2) is 8.52. The Hall–Kier alpha value is -2.81. The van der Waals surface area contributed by atoms with Gasteiger partial charge in [-0.3, -0.25) is 4.79 Å². The lowest BCUT2D eigenvalue weighted by Crippen LogP contribution is -2.50. The monoisotopic (exact) mass is 357 g/mol. The zero-order chi connectivity index (χ0) is 18.4. The molecule has 1 aliphatic rings. The molecule has 1 aliphatic heterocycles. The van der Waals surface area contributed by atoms with E-state index >= 15 is 0 Å². The fourth-order valence-corrected chi connectivity index (χ4v) is 2.61. The normalized spacial score (nSPS) is 19.0. The van der Waals surface area contributed by atoms with Gasteiger partial charge in [0, 0.05) is 12.2 Å². The van der Waals surface area contributed by atoms with Crippen molar-refractivity contribution in [2.45, 2.75) is 18.8 Å². The van der Waals surface area contributed by atoms with Gasteiger partial charge in [0.1, 0.15) is 23.7 Å². The highest BCUT2D eigenvalue weighted by atomic mass is 16.5. The molecule has 138 valence electrons. The number of carbonyl (C=O) groups is 1. The van der Waals surface area contributed by atoms with Crippen LogP contribution in [0.15, 0.2) is 48.5 Å². The first-order valence-electron chi connectivity index (χ1n) is 8.27. The Labute approximate surface area is 152 Å². The van der Waals surface area contributed by atoms with Crippen LogP contribution in [0.3, 0.4) is 0 Å². The molecule has 0 aliphatic carbocycles. The Morgan fingerprint density at radius 3 is 2.19 bits per heavy atom. The molecule has 0 aromatic heterocycles. The molecule has 1 fully saturated rings. The fraction of sp³-hybridized carbons (Fsp3) is 0.278. The van der Waals surface area contributed by atoms with E-state index in [1.54, 1.807) is 14.2 Å². The van der Waals surface area contributed by atoms with E-state index in [9.17, 15) is 4.79 Å². The molecule has 1 amide bonds. The molecular weight excluding hydrogens is 334 g/mol. The number of carbonyl (C=O) groups excluding carboxylic acids is 1. The molecule has 0 spiro atoms. The first kappa shape index (κ1) is 18.0. The topological polar surface area (TPSA) is 95.7 Å². The summed E-state index contributed by atoms with van der Waals surface area (Å²) in [6.07, 6.45) is -0.306. The number of nitrogens with one attached hydrogen (secondary N) is 5. The lowest BCUT2D eigenvalue weighted by Gasteiger charge is -2.20. The molecule has 26 heavy (non-hydrogen) atoms. The minimum Gasteiger partial charge on any atom is -0.497 e. The molecule has 1 saturated heterocycles. The maximum atomic E-state index is 12.5. The van der Waals surface area contributed by atoms with Crippen LogP contribution in [0.4, 0.5) is 5.69 Å². The number of benzene rings is 2. The van der Waals surface area contributed by atoms with Crippen molar-refractivity contribution >= 4 is 11.6 Å². The highest BCUT2D eigenvalue weighted by Gasteiger charge is 2.32. The lowest BCUT2D eigenvalue weighted by molar-refractivity contribution is -0.123. The third-order valence-corrected chi connectivity index (χ3v) is 4.11. The Morgan fingerprint density at radius 2 is 1.58 bits per heavy atom. The number of hydrogen-bond acceptors (Lipinski definition) is 7. The van der Waals surface area contributed by atoms with Gasteiger partial charge in [-0.2, -0.15) is 5.53 Å². The van der Waals surface area contributed by atoms with Crippen molar-refractivity contribution in [3.63, 3.8) is 0 Å². The maximum absolute atomic E-state index is 12.5. The van der Waals surface area contributed by atoms with Gasteiger partial charge in [-0.1, -0.05) is 12.1 Å². The van der Waals surface area contributed by atoms with Crippen LogP contribution in [0, 0.1) is 0 Å². The van der Waals surface area contributed by atoms with Gasteiger partial charge in [-0.15, -0.1) is 0 Å². The minimum absolute atomic E-state index is 0.121. The van der Waals surface area contributed by atoms with Gasteiger partial charge in [-0.25, -0.2) is 10.9 Å². The number of hydrogen-bond donors (Lipinski definition) is 5. The van der Waals surface area contributed by atoms with Crippen molar-refractivity contribution in [1.82, 2.24) is 21.7 Å². The second-order valence-corrected chi connectivity index (χ2v) is 5.81. The quantitative estimate of drug-likeness (QED) is 0.499. The van der Waals surface area contributed by atoms with E-state index in [2.05, 4.69) is 27.0 Å². The van der Waals surface area contributed by atoms with Gasteiger partial charge in [0.15, 0.2) is 0 Å². The molecule has 0 bridgehead atoms. The van der Waals surface area contributed by atoms with E-state index in [1.165, 1.54) is 0 Å². The molecule has 3 rings (SSSR count). The standard InChI is InChI=1S/C18H23N5O3/c1-25-14-7-3-12(4-8-14)11-19-18(24)16-17(22-23-21-16)20-13-5-9-15(26-2)10-6-13/h3-10,16-17,20-23H,11H2,1-2H3,(H,19,24). The van der Waals surface area contributed by atoms with Crippen LogP contribution in [0.5, 0.6) is 11.5 Å². The first-order valence-corrected chi connectivity index (χ1v) is 8.27. The highest BCUT2D eigenvalue weighted by molar-refractivity contribution is 5.83. The SMILES string of the molecule is COc1ccc(CNC(=O)C2NNNC2Nc2ccc(OC)cc2)cc1. The van der Waals surface area contributed by atoms with Crippen LogP contribution in [0.25, 0.3) is 0 Å². The van der Waals surface area contributed by atoms with Crippen molar-refractivity contribution in [1.29, 1.82) is 0 Å². The Bertz CT molecular complexity index is 721. The Kier molecular flexibility index (Phi) is 5.90. The average Bonchev–Trinajstić information content (AvgIpc) is 3.15. The largest absolute Gasteiger partial charge is 0.497 e. The van der Waals surface area contributed by atoms with Crippen LogP contribution in [0.2, 0.25) is 0 Å². The first-order chi connectivity index (χ1) is 12.7. The number of rotatable bonds is 7. The summed E-state index contributed by atoms with van der Waals surface area (Å²) in [4.78, 5) is 12.5. The van der Waals surface area contributed by atoms with E-state index in [-0.39, 0.29) is 12.1 Å². The second-order valence-electron chi connectivity index (χ2n) is 5.81. The summed E-state index contributed by atoms with van der Waals surface area (Å²) in [5, 5.41) is 6.20. The number of methoxy groups -OCH3 is 2. The summed E-state index contributed by atoms with van der Waals surface area (Å²) in [5.74, 6) is 1.44. The van der Waals surface area contributed by atoms with Crippen LogP contribution >= 0.6 is 0 Å². The minimum atomic E-state index is -0.477. The molecule has 2 atom stereocenters. The Balaban J connectivity index is 1.55. The highest BCUT2D eigenvalue weighted by Crippen LogP contribution is 2.16. The predicted molar refractivity (Wildman–Crippen MR) is 98.4 cm³/mol. The van der Waals surface area contributed by atoms with Gasteiger partial charge in [-0.05, 0) is 42.0 Å². The summed E-state index contributed by atoms with van der Waals surface area (Å²) in [5.41, 5.74) is 10.6. The van der Waals surface area contributed by atoms with E-state index in [0.29, 0.717) is 6.54 Å². The third kappa shape index (κ3) is 4.42. The van der Waals surface area contributed by atoms with E-state index < -0.39 is 6.04 Å². The molecule has 1 heterocycles. The van der Waals surface area contributed by atoms with Crippen molar-refractivity contribution in [2.24, 2.45) is 0 Å². The molecule has 2 aromatic rings. The van der Waals surface area contributed by atoms with E-state index in [0.717, 1.165) is 22.7 Å². The molecule has 8 heteroatoms. The summed E-state index contributed by atoms with van der Waals surface area (Å²) in [6, 6.07) is 14.6. The average molecular weight is 357 g/mol. The maximum Gasteiger partial charge on any atom is 0.242 e. The smallest absolute Gasteiger partial charge is 0.242 e. The summed E-state index contributed by atoms with van der Waals surface area (Å²) in [6.45, 7) is 0.441. The predicted octanol–water partition coefficient (Wildman–Crippen LogP) is 0.739. The van der Waals surface area contributed by atoms with Crippen molar-refractivity contribution in [2.75, 3.05) is 19.5 Å². The molecule has 2 aromatic carbocycles. The van der Waals surface area contributed by atoms with Gasteiger partial charge in [0.2, 0.25) is 5.91 Å². The summed E-state index contributed by atoms with van der Waals surface area (Å²) in [7, 11) is 3.25. The Morgan fingerprint density at radius 1 is 0.962 bits per heavy atom. The molecular formula is C18H23N5O3. The van der Waals surface area contributed by atoms with Crippen LogP contribution in [-0.4, -0.2) is 32.3 Å². The molecule has 2 unspecified atom stereocenters. The fourth-order valence-electron chi connectivity index (χ4n) is 2.61. The van der Waals surface area contributed by atoms with Crippen LogP contribution in [0.1, 0.15) is 5.56 Å². The molecule has 5 N–H and O–H groups in total. The molecule has 0 saturated carbocycles. The van der Waals surface area contributed by atoms with Crippen LogP contribution < -0.4 is 36.5 Å². The van der Waals surface area contributed by atoms with Gasteiger partial charge in [0.05, 0.1) is 14.2 Å². The lowest BCUT2D eigenvalue weighted by atomic mass is 10.2. The van der Waals surface area contributed by atoms with Gasteiger partial charge in [0.25, 0.3) is 0 Å². The van der Waals surface area contributed by atoms with Crippen molar-refractivity contribution in [3.05, 3.63) is 54.1 Å². The molecule has 8 nitrogen and oxygen atoms in total. The van der Waals surface area contributed by atoms with Crippen LogP contribution in [-0.2, 0) is 11.3 Å². The van der Waals surface area contributed by atoms with Gasteiger partial charge < -0.3 is 20.1 Å². The summed E-state index contributed by atoms with van der Waals surface area (Å²) < 4.78 is 10.3. The zero-order valence-corrected chi connectivity index (χ0v) is 14.7. The van der Waals surface area contributed by atoms with Crippen molar-refractivity contribution < 1.29 is 14.3 Å². The van der Waals surface area contributed by atoms with E-state index in [1.807, 2.05) is 48.5 Å². The number of hydrazine groups is 2. The number of ether oxygens (including phenoxy) is 2. The van der Waals surface area contributed by atoms with E-state index in [4.69, 9.17) is 9.47 Å². The molecule has 0 radical (unpaired) electrons. The van der Waals surface area contributed by atoms with Gasteiger partial charge >= 0.3 is 0 Å². The zero-order valence-electron chi connectivity index (χ0n) is 14.7. The number of amides is 1. The number of anilines is 1.